The van der Waals surface area contributed by atoms with Gasteiger partial charge in [-0.1, -0.05) is 42.1 Å². The zero-order chi connectivity index (χ0) is 19.4. The molecule has 0 fully saturated rings. The van der Waals surface area contributed by atoms with E-state index in [1.807, 2.05) is 30.3 Å². The van der Waals surface area contributed by atoms with Crippen molar-refractivity contribution < 1.29 is 9.72 Å². The number of aromatic nitrogens is 3. The zero-order valence-electron chi connectivity index (χ0n) is 13.6. The maximum Gasteiger partial charge on any atom is 0.270 e. The highest BCUT2D eigenvalue weighted by molar-refractivity contribution is 9.10. The van der Waals surface area contributed by atoms with Gasteiger partial charge >= 0.3 is 0 Å². The Morgan fingerprint density at radius 2 is 2.04 bits per heavy atom. The molecule has 1 unspecified atom stereocenters. The number of rotatable bonds is 6. The summed E-state index contributed by atoms with van der Waals surface area (Å²) in [5.41, 5.74) is 6.64. The monoisotopic (exact) mass is 448 g/mol. The first-order valence-electron chi connectivity index (χ1n) is 7.58. The maximum atomic E-state index is 12.9. The van der Waals surface area contributed by atoms with Crippen molar-refractivity contribution in [3.05, 3.63) is 68.7 Å². The molecular weight excluding hydrogens is 436 g/mol. The normalized spacial score (nSPS) is 11.7. The summed E-state index contributed by atoms with van der Waals surface area (Å²) in [5.74, 6) is -0.174. The van der Waals surface area contributed by atoms with Gasteiger partial charge in [-0.15, -0.1) is 5.10 Å². The van der Waals surface area contributed by atoms with Gasteiger partial charge in [-0.3, -0.25) is 14.9 Å². The van der Waals surface area contributed by atoms with Crippen molar-refractivity contribution in [1.29, 1.82) is 0 Å². The summed E-state index contributed by atoms with van der Waals surface area (Å²) < 4.78 is 0.406. The molecule has 0 radical (unpaired) electrons. The van der Waals surface area contributed by atoms with E-state index in [0.717, 1.165) is 17.3 Å². The lowest BCUT2D eigenvalue weighted by molar-refractivity contribution is -0.384. The summed E-state index contributed by atoms with van der Waals surface area (Å²) in [4.78, 5) is 27.3. The second-order valence-corrected chi connectivity index (χ2v) is 7.25. The van der Waals surface area contributed by atoms with Gasteiger partial charge in [-0.05, 0) is 27.6 Å². The number of aromatic amines is 1. The molecule has 1 amide bonds. The number of non-ortho nitro benzene ring substituents is 1. The smallest absolute Gasteiger partial charge is 0.270 e. The minimum Gasteiger partial charge on any atom is -0.368 e. The molecule has 1 heterocycles. The third-order valence-corrected chi connectivity index (χ3v) is 5.24. The van der Waals surface area contributed by atoms with Gasteiger partial charge in [0, 0.05) is 16.6 Å². The zero-order valence-corrected chi connectivity index (χ0v) is 16.0. The third kappa shape index (κ3) is 4.63. The summed E-state index contributed by atoms with van der Waals surface area (Å²) in [6.07, 6.45) is 0. The van der Waals surface area contributed by atoms with Crippen molar-refractivity contribution in [3.63, 3.8) is 0 Å². The number of nitrogens with two attached hydrogens (primary N) is 1. The largest absolute Gasteiger partial charge is 0.368 e. The average Bonchev–Trinajstić information content (AvgIpc) is 3.07. The van der Waals surface area contributed by atoms with E-state index in [4.69, 9.17) is 5.73 Å². The molecule has 1 aromatic heterocycles. The molecule has 138 valence electrons. The van der Waals surface area contributed by atoms with Crippen molar-refractivity contribution in [1.82, 2.24) is 15.2 Å². The fourth-order valence-electron chi connectivity index (χ4n) is 2.23. The summed E-state index contributed by atoms with van der Waals surface area (Å²) >= 11 is 4.38. The highest BCUT2D eigenvalue weighted by Crippen LogP contribution is 2.35. The van der Waals surface area contributed by atoms with Crippen LogP contribution in [0.4, 0.5) is 17.3 Å². The van der Waals surface area contributed by atoms with Gasteiger partial charge in [-0.2, -0.15) is 4.98 Å². The van der Waals surface area contributed by atoms with Crippen LogP contribution in [0.5, 0.6) is 0 Å². The van der Waals surface area contributed by atoms with Gasteiger partial charge in [-0.25, -0.2) is 5.10 Å². The number of nitro benzene ring substituents is 1. The Hall–Kier alpha value is -2.92. The number of carbonyl (C=O) groups is 1. The van der Waals surface area contributed by atoms with Crippen LogP contribution in [0.15, 0.2) is 58.2 Å². The number of hydrogen-bond acceptors (Lipinski definition) is 7. The Bertz CT molecular complexity index is 981. The van der Waals surface area contributed by atoms with Crippen LogP contribution in [0.25, 0.3) is 0 Å². The van der Waals surface area contributed by atoms with Crippen LogP contribution in [0.3, 0.4) is 0 Å². The number of benzene rings is 2. The molecule has 0 saturated carbocycles. The molecule has 2 aromatic carbocycles. The van der Waals surface area contributed by atoms with Gasteiger partial charge in [0.1, 0.15) is 5.25 Å². The lowest BCUT2D eigenvalue weighted by atomic mass is 10.1. The Morgan fingerprint density at radius 1 is 1.30 bits per heavy atom. The predicted molar refractivity (Wildman–Crippen MR) is 105 cm³/mol. The second-order valence-electron chi connectivity index (χ2n) is 5.32. The molecule has 9 nitrogen and oxygen atoms in total. The molecule has 0 spiro atoms. The van der Waals surface area contributed by atoms with Crippen molar-refractivity contribution in [2.24, 2.45) is 0 Å². The van der Waals surface area contributed by atoms with Crippen molar-refractivity contribution >= 4 is 50.9 Å². The molecule has 3 rings (SSSR count). The topological polar surface area (TPSA) is 140 Å². The fraction of sp³-hybridized carbons (Fsp3) is 0.0625. The summed E-state index contributed by atoms with van der Waals surface area (Å²) in [6.45, 7) is 0. The number of amides is 1. The van der Waals surface area contributed by atoms with Crippen LogP contribution in [0.2, 0.25) is 0 Å². The molecule has 0 bridgehead atoms. The number of H-pyrrole nitrogens is 1. The number of nitrogens with zero attached hydrogens (tertiary/aromatic N) is 3. The highest BCUT2D eigenvalue weighted by Gasteiger charge is 2.25. The van der Waals surface area contributed by atoms with E-state index in [2.05, 4.69) is 36.4 Å². The van der Waals surface area contributed by atoms with Crippen LogP contribution < -0.4 is 11.1 Å². The third-order valence-electron chi connectivity index (χ3n) is 3.47. The number of thioether (sulfide) groups is 1. The van der Waals surface area contributed by atoms with Crippen LogP contribution in [-0.2, 0) is 4.79 Å². The van der Waals surface area contributed by atoms with Gasteiger partial charge in [0.25, 0.3) is 5.69 Å². The number of halogens is 1. The van der Waals surface area contributed by atoms with Gasteiger partial charge in [0.2, 0.25) is 17.0 Å². The highest BCUT2D eigenvalue weighted by atomic mass is 79.9. The molecule has 11 heteroatoms. The van der Waals surface area contributed by atoms with Gasteiger partial charge in [0.05, 0.1) is 10.6 Å². The van der Waals surface area contributed by atoms with E-state index in [1.54, 1.807) is 0 Å². The number of hydrogen-bond donors (Lipinski definition) is 3. The Kier molecular flexibility index (Phi) is 5.72. The Morgan fingerprint density at radius 3 is 2.63 bits per heavy atom. The summed E-state index contributed by atoms with van der Waals surface area (Å²) in [6, 6.07) is 13.3. The molecule has 1 atom stereocenters. The van der Waals surface area contributed by atoms with E-state index in [9.17, 15) is 14.9 Å². The number of nitrogens with one attached hydrogen (secondary N) is 2. The van der Waals surface area contributed by atoms with Crippen LogP contribution >= 0.6 is 27.7 Å². The maximum absolute atomic E-state index is 12.9. The van der Waals surface area contributed by atoms with Gasteiger partial charge in [0.15, 0.2) is 0 Å². The van der Waals surface area contributed by atoms with E-state index < -0.39 is 10.2 Å². The summed E-state index contributed by atoms with van der Waals surface area (Å²) in [5, 5.41) is 19.8. The molecule has 27 heavy (non-hydrogen) atoms. The molecular formula is C16H13BrN6O3S. The van der Waals surface area contributed by atoms with E-state index >= 15 is 0 Å². The summed E-state index contributed by atoms with van der Waals surface area (Å²) in [7, 11) is 0. The minimum atomic E-state index is -0.650. The van der Waals surface area contributed by atoms with Gasteiger partial charge < -0.3 is 11.1 Å². The predicted octanol–water partition coefficient (Wildman–Crippen LogP) is 3.53. The molecule has 4 N–H and O–H groups in total. The number of nitro groups is 1. The van der Waals surface area contributed by atoms with E-state index in [1.165, 1.54) is 18.2 Å². The quantitative estimate of drug-likeness (QED) is 0.297. The lowest BCUT2D eigenvalue weighted by Gasteiger charge is -2.16. The van der Waals surface area contributed by atoms with E-state index in [-0.39, 0.29) is 17.5 Å². The molecule has 0 aliphatic carbocycles. The first kappa shape index (κ1) is 18.9. The van der Waals surface area contributed by atoms with Crippen molar-refractivity contribution in [3.8, 4) is 0 Å². The van der Waals surface area contributed by atoms with E-state index in [0.29, 0.717) is 15.3 Å². The van der Waals surface area contributed by atoms with Crippen LogP contribution in [0, 0.1) is 10.1 Å². The Labute approximate surface area is 166 Å². The number of nitrogen functional groups attached to an aromatic ring is 1. The SMILES string of the molecule is Nc1nc(SC(C(=O)Nc2ccc([N+](=O)[O-])cc2Br)c2ccccc2)n[nH]1. The molecule has 0 aliphatic heterocycles. The van der Waals surface area contributed by atoms with Crippen molar-refractivity contribution in [2.75, 3.05) is 11.1 Å². The minimum absolute atomic E-state index is 0.0787. The second kappa shape index (κ2) is 8.18. The molecule has 0 aliphatic rings. The standard InChI is InChI=1S/C16H13BrN6O3S/c17-11-8-10(23(25)26)6-7-12(11)19-14(24)13(9-4-2-1-3-5-9)27-16-20-15(18)21-22-16/h1-8,13H,(H,19,24)(H3,18,20,21,22). The first-order chi connectivity index (χ1) is 12.9. The lowest BCUT2D eigenvalue weighted by Crippen LogP contribution is -2.19. The molecule has 3 aromatic rings. The van der Waals surface area contributed by atoms with Crippen LogP contribution in [-0.4, -0.2) is 26.0 Å². The average molecular weight is 449 g/mol. The molecule has 0 saturated heterocycles. The fourth-order valence-corrected chi connectivity index (χ4v) is 3.62. The number of carbonyl (C=O) groups excluding carboxylic acids is 1. The number of anilines is 2. The first-order valence-corrected chi connectivity index (χ1v) is 9.25. The Balaban J connectivity index is 1.86. The van der Waals surface area contributed by atoms with Crippen LogP contribution in [0.1, 0.15) is 10.8 Å². The van der Waals surface area contributed by atoms with Crippen molar-refractivity contribution in [2.45, 2.75) is 10.4 Å².